The molecule has 9 heteroatoms. The summed E-state index contributed by atoms with van der Waals surface area (Å²) in [5.41, 5.74) is -0.625. The second-order valence-corrected chi connectivity index (χ2v) is 4.44. The van der Waals surface area contributed by atoms with Crippen LogP contribution in [0.5, 0.6) is 5.75 Å². The molecule has 3 N–H and O–H groups in total. The number of aliphatic hydroxyl groups is 1. The van der Waals surface area contributed by atoms with Crippen molar-refractivity contribution in [3.63, 3.8) is 0 Å². The molecule has 0 bridgehead atoms. The van der Waals surface area contributed by atoms with E-state index in [4.69, 9.17) is 9.84 Å². The van der Waals surface area contributed by atoms with Gasteiger partial charge in [-0.15, -0.1) is 0 Å². The molecule has 0 aliphatic rings. The summed E-state index contributed by atoms with van der Waals surface area (Å²) in [5, 5.41) is 14.0. The van der Waals surface area contributed by atoms with Crippen molar-refractivity contribution in [2.75, 3.05) is 30.9 Å². The van der Waals surface area contributed by atoms with Gasteiger partial charge in [0, 0.05) is 12.6 Å². The molecule has 0 spiro atoms. The molecule has 0 saturated heterocycles. The number of hydrogen-bond donors (Lipinski definition) is 3. The number of anilines is 3. The van der Waals surface area contributed by atoms with Crippen molar-refractivity contribution in [3.8, 4) is 5.75 Å². The summed E-state index contributed by atoms with van der Waals surface area (Å²) in [5.74, 6) is 0.188. The number of methoxy groups -OCH3 is 1. The Hall–Kier alpha value is -2.55. The lowest BCUT2D eigenvalue weighted by Gasteiger charge is -2.14. The number of benzene rings is 1. The zero-order chi connectivity index (χ0) is 16.9. The van der Waals surface area contributed by atoms with Gasteiger partial charge in [0.1, 0.15) is 11.6 Å². The van der Waals surface area contributed by atoms with Gasteiger partial charge in [0.2, 0.25) is 5.95 Å². The molecule has 1 heterocycles. The smallest absolute Gasteiger partial charge is 0.433 e. The van der Waals surface area contributed by atoms with Crippen molar-refractivity contribution in [1.29, 1.82) is 0 Å². The van der Waals surface area contributed by atoms with E-state index in [9.17, 15) is 13.2 Å². The van der Waals surface area contributed by atoms with Gasteiger partial charge < -0.3 is 20.5 Å². The molecular weight excluding hydrogens is 313 g/mol. The normalized spacial score (nSPS) is 11.2. The van der Waals surface area contributed by atoms with Crippen LogP contribution in [0.4, 0.5) is 30.6 Å². The summed E-state index contributed by atoms with van der Waals surface area (Å²) < 4.78 is 43.9. The number of alkyl halides is 3. The molecule has 2 rings (SSSR count). The monoisotopic (exact) mass is 328 g/mol. The van der Waals surface area contributed by atoms with Crippen molar-refractivity contribution in [3.05, 3.63) is 36.0 Å². The Morgan fingerprint density at radius 3 is 2.61 bits per heavy atom. The van der Waals surface area contributed by atoms with Crippen molar-refractivity contribution < 1.29 is 23.0 Å². The van der Waals surface area contributed by atoms with E-state index in [1.165, 1.54) is 7.11 Å². The molecule has 2 aromatic rings. The quantitative estimate of drug-likeness (QED) is 0.756. The Balaban J connectivity index is 2.36. The van der Waals surface area contributed by atoms with E-state index < -0.39 is 11.9 Å². The van der Waals surface area contributed by atoms with Crippen LogP contribution in [-0.2, 0) is 6.18 Å². The predicted octanol–water partition coefficient (Wildman–Crippen LogP) is 2.65. The van der Waals surface area contributed by atoms with Crippen LogP contribution in [0.2, 0.25) is 0 Å². The fourth-order valence-corrected chi connectivity index (χ4v) is 1.79. The Morgan fingerprint density at radius 2 is 1.96 bits per heavy atom. The average Bonchev–Trinajstić information content (AvgIpc) is 2.52. The highest BCUT2D eigenvalue weighted by Gasteiger charge is 2.33. The van der Waals surface area contributed by atoms with Crippen LogP contribution in [-0.4, -0.2) is 35.3 Å². The number of aliphatic hydroxyl groups excluding tert-OH is 1. The molecule has 1 aromatic carbocycles. The largest absolute Gasteiger partial charge is 0.495 e. The first-order chi connectivity index (χ1) is 10.9. The highest BCUT2D eigenvalue weighted by Crippen LogP contribution is 2.32. The van der Waals surface area contributed by atoms with Crippen molar-refractivity contribution >= 4 is 17.5 Å². The molecule has 0 fully saturated rings. The highest BCUT2D eigenvalue weighted by atomic mass is 19.4. The Labute approximate surface area is 130 Å². The van der Waals surface area contributed by atoms with Gasteiger partial charge in [-0.25, -0.2) is 4.98 Å². The number of rotatable bonds is 6. The van der Waals surface area contributed by atoms with E-state index >= 15 is 0 Å². The maximum atomic E-state index is 12.9. The zero-order valence-corrected chi connectivity index (χ0v) is 12.2. The zero-order valence-electron chi connectivity index (χ0n) is 12.2. The third kappa shape index (κ3) is 4.46. The molecule has 0 aliphatic heterocycles. The number of nitrogens with zero attached hydrogens (tertiary/aromatic N) is 2. The van der Waals surface area contributed by atoms with Crippen molar-refractivity contribution in [2.45, 2.75) is 6.18 Å². The number of para-hydroxylation sites is 2. The van der Waals surface area contributed by atoms with Gasteiger partial charge in [0.25, 0.3) is 0 Å². The first-order valence-electron chi connectivity index (χ1n) is 6.65. The summed E-state index contributed by atoms with van der Waals surface area (Å²) in [6.45, 7) is -0.218. The molecule has 0 radical (unpaired) electrons. The summed E-state index contributed by atoms with van der Waals surface area (Å²) in [6, 6.07) is 7.56. The topological polar surface area (TPSA) is 79.3 Å². The van der Waals surface area contributed by atoms with E-state index in [-0.39, 0.29) is 24.9 Å². The summed E-state index contributed by atoms with van der Waals surface area (Å²) >= 11 is 0. The van der Waals surface area contributed by atoms with Gasteiger partial charge in [0.05, 0.1) is 19.4 Å². The standard InChI is InChI=1S/C14H15F3N4O2/c1-23-10-5-3-2-4-9(10)19-12-8-11(14(15,16)17)20-13(21-12)18-6-7-22/h2-5,8,22H,6-7H2,1H3,(H2,18,19,20,21). The van der Waals surface area contributed by atoms with Gasteiger partial charge in [-0.3, -0.25) is 0 Å². The predicted molar refractivity (Wildman–Crippen MR) is 78.9 cm³/mol. The number of aromatic nitrogens is 2. The van der Waals surface area contributed by atoms with E-state index in [1.807, 2.05) is 0 Å². The Bertz CT molecular complexity index is 665. The fraction of sp³-hybridized carbons (Fsp3) is 0.286. The number of halogens is 3. The lowest BCUT2D eigenvalue weighted by atomic mass is 10.3. The first-order valence-corrected chi connectivity index (χ1v) is 6.65. The number of ether oxygens (including phenoxy) is 1. The van der Waals surface area contributed by atoms with E-state index in [1.54, 1.807) is 24.3 Å². The minimum atomic E-state index is -4.62. The second kappa shape index (κ2) is 7.14. The molecule has 0 unspecified atom stereocenters. The third-order valence-corrected chi connectivity index (χ3v) is 2.78. The van der Waals surface area contributed by atoms with Crippen LogP contribution in [0.15, 0.2) is 30.3 Å². The summed E-state index contributed by atoms with van der Waals surface area (Å²) in [6.07, 6.45) is -4.62. The number of nitrogens with one attached hydrogen (secondary N) is 2. The maximum Gasteiger partial charge on any atom is 0.433 e. The summed E-state index contributed by atoms with van der Waals surface area (Å²) in [4.78, 5) is 7.35. The Kier molecular flexibility index (Phi) is 5.22. The minimum Gasteiger partial charge on any atom is -0.495 e. The molecule has 0 aliphatic carbocycles. The molecule has 6 nitrogen and oxygen atoms in total. The van der Waals surface area contributed by atoms with Crippen LogP contribution < -0.4 is 15.4 Å². The molecule has 0 saturated carbocycles. The lowest BCUT2D eigenvalue weighted by Crippen LogP contribution is -2.15. The minimum absolute atomic E-state index is 0.0371. The van der Waals surface area contributed by atoms with Crippen LogP contribution in [0, 0.1) is 0 Å². The first kappa shape index (κ1) is 16.8. The lowest BCUT2D eigenvalue weighted by molar-refractivity contribution is -0.141. The van der Waals surface area contributed by atoms with Gasteiger partial charge in [-0.2, -0.15) is 18.2 Å². The van der Waals surface area contributed by atoms with Crippen molar-refractivity contribution in [2.24, 2.45) is 0 Å². The molecular formula is C14H15F3N4O2. The van der Waals surface area contributed by atoms with Crippen molar-refractivity contribution in [1.82, 2.24) is 9.97 Å². The average molecular weight is 328 g/mol. The van der Waals surface area contributed by atoms with E-state index in [0.717, 1.165) is 6.07 Å². The van der Waals surface area contributed by atoms with Gasteiger partial charge in [0.15, 0.2) is 5.69 Å². The third-order valence-electron chi connectivity index (χ3n) is 2.78. The van der Waals surface area contributed by atoms with Gasteiger partial charge >= 0.3 is 6.18 Å². The van der Waals surface area contributed by atoms with E-state index in [2.05, 4.69) is 20.6 Å². The second-order valence-electron chi connectivity index (χ2n) is 4.44. The number of hydrogen-bond acceptors (Lipinski definition) is 6. The molecule has 0 atom stereocenters. The van der Waals surface area contributed by atoms with Crippen LogP contribution in [0.1, 0.15) is 5.69 Å². The van der Waals surface area contributed by atoms with Gasteiger partial charge in [-0.1, -0.05) is 12.1 Å². The maximum absolute atomic E-state index is 12.9. The highest BCUT2D eigenvalue weighted by molar-refractivity contribution is 5.64. The van der Waals surface area contributed by atoms with Crippen LogP contribution >= 0.6 is 0 Å². The van der Waals surface area contributed by atoms with Gasteiger partial charge in [-0.05, 0) is 12.1 Å². The van der Waals surface area contributed by atoms with Crippen LogP contribution in [0.3, 0.4) is 0 Å². The molecule has 0 amide bonds. The summed E-state index contributed by atoms with van der Waals surface area (Å²) in [7, 11) is 1.45. The molecule has 1 aromatic heterocycles. The molecule has 124 valence electrons. The fourth-order valence-electron chi connectivity index (χ4n) is 1.79. The van der Waals surface area contributed by atoms with Crippen LogP contribution in [0.25, 0.3) is 0 Å². The molecule has 23 heavy (non-hydrogen) atoms. The van der Waals surface area contributed by atoms with E-state index in [0.29, 0.717) is 11.4 Å². The Morgan fingerprint density at radius 1 is 1.22 bits per heavy atom. The SMILES string of the molecule is COc1ccccc1Nc1cc(C(F)(F)F)nc(NCCO)n1.